The predicted molar refractivity (Wildman–Crippen MR) is 69.2 cm³/mol. The van der Waals surface area contributed by atoms with Crippen molar-refractivity contribution in [2.45, 2.75) is 26.6 Å². The van der Waals surface area contributed by atoms with E-state index in [1.807, 2.05) is 16.8 Å². The largest absolute Gasteiger partial charge is 0.497 e. The molecule has 5 nitrogen and oxygen atoms in total. The molecular formula is C13H18N4O. The summed E-state index contributed by atoms with van der Waals surface area (Å²) in [4.78, 5) is 4.21. The van der Waals surface area contributed by atoms with Crippen LogP contribution in [0.15, 0.2) is 30.6 Å². The number of aromatic nitrogens is 3. The van der Waals surface area contributed by atoms with Crippen LogP contribution in [0.1, 0.15) is 18.3 Å². The van der Waals surface area contributed by atoms with Crippen LogP contribution in [0.25, 0.3) is 0 Å². The topological polar surface area (TPSA) is 52.0 Å². The van der Waals surface area contributed by atoms with Gasteiger partial charge in [-0.2, -0.15) is 5.10 Å². The molecule has 0 fully saturated rings. The summed E-state index contributed by atoms with van der Waals surface area (Å²) in [7, 11) is 1.67. The van der Waals surface area contributed by atoms with Crippen LogP contribution >= 0.6 is 0 Å². The second-order valence-electron chi connectivity index (χ2n) is 3.94. The molecule has 96 valence electrons. The van der Waals surface area contributed by atoms with Crippen LogP contribution in [0.5, 0.6) is 5.75 Å². The van der Waals surface area contributed by atoms with Gasteiger partial charge < -0.3 is 10.1 Å². The van der Waals surface area contributed by atoms with Gasteiger partial charge >= 0.3 is 0 Å². The van der Waals surface area contributed by atoms with E-state index in [4.69, 9.17) is 4.74 Å². The van der Waals surface area contributed by atoms with Crippen LogP contribution < -0.4 is 10.1 Å². The van der Waals surface area contributed by atoms with Crippen molar-refractivity contribution in [1.29, 1.82) is 0 Å². The van der Waals surface area contributed by atoms with Gasteiger partial charge in [-0.1, -0.05) is 12.1 Å². The molecule has 0 aliphatic rings. The summed E-state index contributed by atoms with van der Waals surface area (Å²) in [6, 6.07) is 8.03. The van der Waals surface area contributed by atoms with Gasteiger partial charge in [0.25, 0.3) is 0 Å². The van der Waals surface area contributed by atoms with Crippen molar-refractivity contribution in [3.63, 3.8) is 0 Å². The molecule has 0 aliphatic heterocycles. The first kappa shape index (κ1) is 12.6. The van der Waals surface area contributed by atoms with Gasteiger partial charge in [0.1, 0.15) is 17.9 Å². The number of aryl methyl sites for hydroxylation is 1. The molecule has 1 N–H and O–H groups in total. The van der Waals surface area contributed by atoms with Crippen molar-refractivity contribution in [3.05, 3.63) is 42.0 Å². The first-order valence-electron chi connectivity index (χ1n) is 6.03. The average Bonchev–Trinajstić information content (AvgIpc) is 2.87. The highest BCUT2D eigenvalue weighted by Gasteiger charge is 2.01. The fourth-order valence-corrected chi connectivity index (χ4v) is 1.75. The third-order valence-corrected chi connectivity index (χ3v) is 2.77. The molecule has 0 unspecified atom stereocenters. The van der Waals surface area contributed by atoms with E-state index in [-0.39, 0.29) is 0 Å². The fraction of sp³-hybridized carbons (Fsp3) is 0.385. The van der Waals surface area contributed by atoms with E-state index in [1.165, 1.54) is 5.56 Å². The quantitative estimate of drug-likeness (QED) is 0.841. The molecule has 5 heteroatoms. The summed E-state index contributed by atoms with van der Waals surface area (Å²) in [5, 5.41) is 7.48. The van der Waals surface area contributed by atoms with Crippen LogP contribution in [0, 0.1) is 0 Å². The van der Waals surface area contributed by atoms with E-state index in [2.05, 4.69) is 34.5 Å². The zero-order valence-corrected chi connectivity index (χ0v) is 10.8. The third kappa shape index (κ3) is 3.07. The van der Waals surface area contributed by atoms with Crippen LogP contribution in [0.3, 0.4) is 0 Å². The van der Waals surface area contributed by atoms with Gasteiger partial charge in [0.05, 0.1) is 13.7 Å². The lowest BCUT2D eigenvalue weighted by molar-refractivity contribution is 0.414. The van der Waals surface area contributed by atoms with Gasteiger partial charge in [0.2, 0.25) is 0 Å². The summed E-state index contributed by atoms with van der Waals surface area (Å²) in [6.07, 6.45) is 1.59. The number of hydrogen-bond acceptors (Lipinski definition) is 4. The first-order valence-corrected chi connectivity index (χ1v) is 6.03. The van der Waals surface area contributed by atoms with Crippen LogP contribution in [0.2, 0.25) is 0 Å². The van der Waals surface area contributed by atoms with Gasteiger partial charge in [-0.15, -0.1) is 0 Å². The molecule has 2 aromatic rings. The molecule has 0 bridgehead atoms. The number of rotatable bonds is 6. The molecule has 0 radical (unpaired) electrons. The molecule has 0 aliphatic carbocycles. The predicted octanol–water partition coefficient (Wildman–Crippen LogP) is 1.60. The normalized spacial score (nSPS) is 10.6. The van der Waals surface area contributed by atoms with E-state index in [0.717, 1.165) is 31.2 Å². The minimum absolute atomic E-state index is 0.722. The monoisotopic (exact) mass is 246 g/mol. The van der Waals surface area contributed by atoms with Crippen LogP contribution in [-0.4, -0.2) is 21.9 Å². The molecule has 0 amide bonds. The van der Waals surface area contributed by atoms with Gasteiger partial charge in [-0.3, -0.25) is 0 Å². The Morgan fingerprint density at radius 3 is 2.67 bits per heavy atom. The molecule has 1 heterocycles. The summed E-state index contributed by atoms with van der Waals surface area (Å²) in [5.41, 5.74) is 1.22. The number of nitrogens with one attached hydrogen (secondary N) is 1. The molecule has 18 heavy (non-hydrogen) atoms. The maximum absolute atomic E-state index is 5.12. The number of nitrogens with zero attached hydrogens (tertiary/aromatic N) is 3. The van der Waals surface area contributed by atoms with Crippen molar-refractivity contribution in [2.24, 2.45) is 0 Å². The maximum atomic E-state index is 5.12. The Kier molecular flexibility index (Phi) is 4.30. The standard InChI is InChI=1S/C13H18N4O/c1-3-17-13(15-10-16-17)9-14-8-11-4-6-12(18-2)7-5-11/h4-7,10,14H,3,8-9H2,1-2H3. The Hall–Kier alpha value is -1.88. The Balaban J connectivity index is 1.84. The van der Waals surface area contributed by atoms with E-state index in [9.17, 15) is 0 Å². The smallest absolute Gasteiger partial charge is 0.140 e. The number of ether oxygens (including phenoxy) is 1. The van der Waals surface area contributed by atoms with Gasteiger partial charge in [-0.05, 0) is 24.6 Å². The van der Waals surface area contributed by atoms with E-state index in [0.29, 0.717) is 0 Å². The van der Waals surface area contributed by atoms with Crippen molar-refractivity contribution in [3.8, 4) is 5.75 Å². The lowest BCUT2D eigenvalue weighted by atomic mass is 10.2. The Morgan fingerprint density at radius 2 is 2.00 bits per heavy atom. The summed E-state index contributed by atoms with van der Waals surface area (Å²) in [5.74, 6) is 1.84. The summed E-state index contributed by atoms with van der Waals surface area (Å²) >= 11 is 0. The van der Waals surface area contributed by atoms with Gasteiger partial charge in [-0.25, -0.2) is 9.67 Å². The van der Waals surface area contributed by atoms with E-state index in [1.54, 1.807) is 13.4 Å². The van der Waals surface area contributed by atoms with Crippen LogP contribution in [0.4, 0.5) is 0 Å². The second-order valence-corrected chi connectivity index (χ2v) is 3.94. The van der Waals surface area contributed by atoms with Crippen LogP contribution in [-0.2, 0) is 19.6 Å². The molecule has 0 saturated carbocycles. The highest BCUT2D eigenvalue weighted by atomic mass is 16.5. The first-order chi connectivity index (χ1) is 8.83. The Morgan fingerprint density at radius 1 is 1.22 bits per heavy atom. The molecule has 0 spiro atoms. The van der Waals surface area contributed by atoms with Crippen molar-refractivity contribution in [2.75, 3.05) is 7.11 Å². The minimum Gasteiger partial charge on any atom is -0.497 e. The summed E-state index contributed by atoms with van der Waals surface area (Å²) < 4.78 is 7.01. The summed E-state index contributed by atoms with van der Waals surface area (Å²) in [6.45, 7) is 4.43. The fourth-order valence-electron chi connectivity index (χ4n) is 1.75. The van der Waals surface area contributed by atoms with Crippen molar-refractivity contribution in [1.82, 2.24) is 20.1 Å². The Labute approximate surface area is 107 Å². The zero-order chi connectivity index (χ0) is 12.8. The molecular weight excluding hydrogens is 228 g/mol. The molecule has 1 aromatic heterocycles. The van der Waals surface area contributed by atoms with Crippen molar-refractivity contribution >= 4 is 0 Å². The number of benzene rings is 1. The number of methoxy groups -OCH3 is 1. The van der Waals surface area contributed by atoms with Gasteiger partial charge in [0.15, 0.2) is 0 Å². The maximum Gasteiger partial charge on any atom is 0.140 e. The molecule has 1 aromatic carbocycles. The van der Waals surface area contributed by atoms with Gasteiger partial charge in [0, 0.05) is 13.1 Å². The SMILES string of the molecule is CCn1ncnc1CNCc1ccc(OC)cc1. The van der Waals surface area contributed by atoms with E-state index < -0.39 is 0 Å². The van der Waals surface area contributed by atoms with Crippen molar-refractivity contribution < 1.29 is 4.74 Å². The average molecular weight is 246 g/mol. The lowest BCUT2D eigenvalue weighted by Crippen LogP contribution is -2.17. The number of hydrogen-bond donors (Lipinski definition) is 1. The highest BCUT2D eigenvalue weighted by Crippen LogP contribution is 2.10. The Bertz CT molecular complexity index is 478. The minimum atomic E-state index is 0.722. The molecule has 0 atom stereocenters. The second kappa shape index (κ2) is 6.16. The molecule has 0 saturated heterocycles. The third-order valence-electron chi connectivity index (χ3n) is 2.77. The highest BCUT2D eigenvalue weighted by molar-refractivity contribution is 5.26. The molecule has 2 rings (SSSR count). The lowest BCUT2D eigenvalue weighted by Gasteiger charge is -2.06. The zero-order valence-electron chi connectivity index (χ0n) is 10.8. The van der Waals surface area contributed by atoms with E-state index >= 15 is 0 Å².